The Morgan fingerprint density at radius 3 is 2.50 bits per heavy atom. The fraction of sp³-hybridized carbons (Fsp3) is 0. The summed E-state index contributed by atoms with van der Waals surface area (Å²) in [5, 5.41) is 12.4. The van der Waals surface area contributed by atoms with Gasteiger partial charge in [-0.15, -0.1) is 0 Å². The van der Waals surface area contributed by atoms with Gasteiger partial charge in [0.25, 0.3) is 5.91 Å². The lowest BCUT2D eigenvalue weighted by Crippen LogP contribution is -2.11. The molecule has 128 valence electrons. The minimum atomic E-state index is -0.226. The molecule has 0 bridgehead atoms. The van der Waals surface area contributed by atoms with Crippen LogP contribution in [0.25, 0.3) is 0 Å². The number of hydrogen-bond donors (Lipinski definition) is 2. The second-order valence-electron chi connectivity index (χ2n) is 5.36. The van der Waals surface area contributed by atoms with E-state index in [0.717, 1.165) is 10.6 Å². The average molecular weight is 380 g/mol. The van der Waals surface area contributed by atoms with Crippen LogP contribution in [0.15, 0.2) is 77.7 Å². The van der Waals surface area contributed by atoms with Crippen molar-refractivity contribution in [3.05, 3.63) is 88.9 Å². The Morgan fingerprint density at radius 1 is 1.00 bits per heavy atom. The van der Waals surface area contributed by atoms with Crippen LogP contribution in [0.4, 0.5) is 11.4 Å². The van der Waals surface area contributed by atoms with E-state index < -0.39 is 0 Å². The van der Waals surface area contributed by atoms with Crippen LogP contribution < -0.4 is 10.0 Å². The Kier molecular flexibility index (Phi) is 5.80. The number of hydrogen-bond acceptors (Lipinski definition) is 4. The molecule has 0 fully saturated rings. The zero-order valence-corrected chi connectivity index (χ0v) is 15.1. The maximum atomic E-state index is 12.3. The SMILES string of the molecule is N#Cc1cccc(NC(=O)c2ccc(SNc3ccccc3Cl)cc2)c1. The van der Waals surface area contributed by atoms with Gasteiger partial charge in [-0.3, -0.25) is 4.79 Å². The molecule has 0 unspecified atom stereocenters. The van der Waals surface area contributed by atoms with Crippen molar-refractivity contribution in [3.8, 4) is 6.07 Å². The van der Waals surface area contributed by atoms with Gasteiger partial charge in [0.1, 0.15) is 0 Å². The molecule has 0 heterocycles. The predicted octanol–water partition coefficient (Wildman–Crippen LogP) is 5.58. The standard InChI is InChI=1S/C20H14ClN3OS/c21-18-6-1-2-7-19(18)24-26-17-10-8-15(9-11-17)20(25)23-16-5-3-4-14(12-16)13-22/h1-12,24H,(H,23,25). The number of amides is 1. The van der Waals surface area contributed by atoms with Gasteiger partial charge in [-0.25, -0.2) is 0 Å². The fourth-order valence-electron chi connectivity index (χ4n) is 2.20. The number of benzene rings is 3. The highest BCUT2D eigenvalue weighted by atomic mass is 35.5. The number of para-hydroxylation sites is 1. The molecule has 0 aliphatic heterocycles. The van der Waals surface area contributed by atoms with Crippen molar-refractivity contribution in [1.82, 2.24) is 0 Å². The van der Waals surface area contributed by atoms with Gasteiger partial charge in [-0.1, -0.05) is 29.8 Å². The van der Waals surface area contributed by atoms with Crippen LogP contribution in [0.3, 0.4) is 0 Å². The largest absolute Gasteiger partial charge is 0.324 e. The second-order valence-corrected chi connectivity index (χ2v) is 6.64. The molecule has 3 aromatic carbocycles. The van der Waals surface area contributed by atoms with Crippen molar-refractivity contribution < 1.29 is 4.79 Å². The lowest BCUT2D eigenvalue weighted by Gasteiger charge is -2.08. The molecule has 0 aliphatic rings. The van der Waals surface area contributed by atoms with Gasteiger partial charge < -0.3 is 10.0 Å². The monoisotopic (exact) mass is 379 g/mol. The normalized spacial score (nSPS) is 10.0. The highest BCUT2D eigenvalue weighted by molar-refractivity contribution is 8.00. The quantitative estimate of drug-likeness (QED) is 0.567. The summed E-state index contributed by atoms with van der Waals surface area (Å²) < 4.78 is 3.18. The van der Waals surface area contributed by atoms with Gasteiger partial charge >= 0.3 is 0 Å². The molecular weight excluding hydrogens is 366 g/mol. The van der Waals surface area contributed by atoms with E-state index in [2.05, 4.69) is 10.0 Å². The summed E-state index contributed by atoms with van der Waals surface area (Å²) in [5.41, 5.74) is 2.46. The van der Waals surface area contributed by atoms with E-state index in [-0.39, 0.29) is 5.91 Å². The first-order valence-corrected chi connectivity index (χ1v) is 8.94. The number of carbonyl (C=O) groups is 1. The summed E-state index contributed by atoms with van der Waals surface area (Å²) in [7, 11) is 0. The molecule has 3 aromatic rings. The molecule has 0 radical (unpaired) electrons. The van der Waals surface area contributed by atoms with Crippen molar-refractivity contribution in [3.63, 3.8) is 0 Å². The zero-order chi connectivity index (χ0) is 18.4. The number of nitrogens with one attached hydrogen (secondary N) is 2. The highest BCUT2D eigenvalue weighted by Crippen LogP contribution is 2.27. The third-order valence-electron chi connectivity index (χ3n) is 3.52. The minimum absolute atomic E-state index is 0.226. The van der Waals surface area contributed by atoms with E-state index in [0.29, 0.717) is 21.8 Å². The van der Waals surface area contributed by atoms with Crippen LogP contribution in [0, 0.1) is 11.3 Å². The molecule has 0 saturated heterocycles. The first kappa shape index (κ1) is 17.9. The van der Waals surface area contributed by atoms with Crippen LogP contribution >= 0.6 is 23.5 Å². The fourth-order valence-corrected chi connectivity index (χ4v) is 3.12. The van der Waals surface area contributed by atoms with Crippen molar-refractivity contribution in [2.24, 2.45) is 0 Å². The van der Waals surface area contributed by atoms with Crippen LogP contribution in [-0.4, -0.2) is 5.91 Å². The summed E-state index contributed by atoms with van der Waals surface area (Å²) in [6.45, 7) is 0. The molecule has 0 aromatic heterocycles. The number of nitriles is 1. The molecule has 0 atom stereocenters. The van der Waals surface area contributed by atoms with E-state index in [1.54, 1.807) is 36.4 Å². The van der Waals surface area contributed by atoms with E-state index in [9.17, 15) is 4.79 Å². The van der Waals surface area contributed by atoms with E-state index in [1.807, 2.05) is 42.5 Å². The van der Waals surface area contributed by atoms with Gasteiger partial charge in [-0.05, 0) is 66.5 Å². The average Bonchev–Trinajstić information content (AvgIpc) is 2.68. The van der Waals surface area contributed by atoms with Crippen molar-refractivity contribution in [1.29, 1.82) is 5.26 Å². The Hall–Kier alpha value is -2.94. The Bertz CT molecular complexity index is 967. The van der Waals surface area contributed by atoms with Crippen LogP contribution in [0.5, 0.6) is 0 Å². The number of rotatable bonds is 5. The van der Waals surface area contributed by atoms with Gasteiger partial charge in [0.15, 0.2) is 0 Å². The van der Waals surface area contributed by atoms with Crippen molar-refractivity contribution in [2.45, 2.75) is 4.90 Å². The van der Waals surface area contributed by atoms with Gasteiger partial charge in [0, 0.05) is 16.1 Å². The van der Waals surface area contributed by atoms with E-state index >= 15 is 0 Å². The Morgan fingerprint density at radius 2 is 1.77 bits per heavy atom. The highest BCUT2D eigenvalue weighted by Gasteiger charge is 2.07. The molecule has 2 N–H and O–H groups in total. The first-order chi connectivity index (χ1) is 12.7. The zero-order valence-electron chi connectivity index (χ0n) is 13.6. The first-order valence-electron chi connectivity index (χ1n) is 7.75. The van der Waals surface area contributed by atoms with Crippen LogP contribution in [0.1, 0.15) is 15.9 Å². The van der Waals surface area contributed by atoms with E-state index in [1.165, 1.54) is 11.9 Å². The van der Waals surface area contributed by atoms with Crippen molar-refractivity contribution >= 4 is 40.8 Å². The number of carbonyl (C=O) groups excluding carboxylic acids is 1. The third kappa shape index (κ3) is 4.57. The second kappa shape index (κ2) is 8.43. The number of halogens is 1. The molecule has 1 amide bonds. The van der Waals surface area contributed by atoms with Gasteiger partial charge in [-0.2, -0.15) is 5.26 Å². The van der Waals surface area contributed by atoms with Crippen LogP contribution in [-0.2, 0) is 0 Å². The molecule has 0 saturated carbocycles. The molecule has 0 spiro atoms. The van der Waals surface area contributed by atoms with E-state index in [4.69, 9.17) is 16.9 Å². The summed E-state index contributed by atoms with van der Waals surface area (Å²) in [4.78, 5) is 13.3. The number of nitrogens with zero attached hydrogens (tertiary/aromatic N) is 1. The third-order valence-corrected chi connectivity index (χ3v) is 4.68. The lowest BCUT2D eigenvalue weighted by atomic mass is 10.2. The topological polar surface area (TPSA) is 64.9 Å². The summed E-state index contributed by atoms with van der Waals surface area (Å²) in [6.07, 6.45) is 0. The molecule has 26 heavy (non-hydrogen) atoms. The van der Waals surface area contributed by atoms with Gasteiger partial charge in [0.2, 0.25) is 0 Å². The molecule has 3 rings (SSSR count). The maximum absolute atomic E-state index is 12.3. The van der Waals surface area contributed by atoms with Gasteiger partial charge in [0.05, 0.1) is 22.3 Å². The summed E-state index contributed by atoms with van der Waals surface area (Å²) >= 11 is 7.52. The summed E-state index contributed by atoms with van der Waals surface area (Å²) in [5.74, 6) is -0.226. The maximum Gasteiger partial charge on any atom is 0.255 e. The Labute approximate surface area is 160 Å². The van der Waals surface area contributed by atoms with Crippen molar-refractivity contribution in [2.75, 3.05) is 10.0 Å². The molecular formula is C20H14ClN3OS. The van der Waals surface area contributed by atoms with Crippen LogP contribution in [0.2, 0.25) is 5.02 Å². The molecule has 6 heteroatoms. The number of anilines is 2. The Balaban J connectivity index is 1.62. The minimum Gasteiger partial charge on any atom is -0.324 e. The lowest BCUT2D eigenvalue weighted by molar-refractivity contribution is 0.102. The smallest absolute Gasteiger partial charge is 0.255 e. The summed E-state index contributed by atoms with van der Waals surface area (Å²) in [6, 6.07) is 23.6. The predicted molar refractivity (Wildman–Crippen MR) is 106 cm³/mol. The molecule has 4 nitrogen and oxygen atoms in total. The molecule has 0 aliphatic carbocycles.